The van der Waals surface area contributed by atoms with Gasteiger partial charge in [-0.3, -0.25) is 0 Å². The number of benzene rings is 1. The van der Waals surface area contributed by atoms with Crippen LogP contribution in [0.5, 0.6) is 0 Å². The molecule has 0 saturated heterocycles. The second kappa shape index (κ2) is 5.43. The molecule has 1 fully saturated rings. The van der Waals surface area contributed by atoms with E-state index in [1.807, 2.05) is 0 Å². The van der Waals surface area contributed by atoms with Gasteiger partial charge in [-0.15, -0.1) is 0 Å². The zero-order chi connectivity index (χ0) is 12.4. The Kier molecular flexibility index (Phi) is 4.13. The van der Waals surface area contributed by atoms with Crippen molar-refractivity contribution in [1.29, 1.82) is 0 Å². The molecule has 0 aromatic heterocycles. The van der Waals surface area contributed by atoms with Crippen molar-refractivity contribution < 1.29 is 0 Å². The van der Waals surface area contributed by atoms with E-state index in [-0.39, 0.29) is 0 Å². The van der Waals surface area contributed by atoms with Crippen LogP contribution in [0.2, 0.25) is 0 Å². The number of hydrogen-bond donors (Lipinski definition) is 1. The number of halogens is 1. The van der Waals surface area contributed by atoms with Crippen molar-refractivity contribution in [1.82, 2.24) is 0 Å². The second-order valence-electron chi connectivity index (χ2n) is 5.53. The Labute approximate surface area is 113 Å². The summed E-state index contributed by atoms with van der Waals surface area (Å²) in [4.78, 5) is 0. The van der Waals surface area contributed by atoms with Gasteiger partial charge in [0.1, 0.15) is 0 Å². The predicted molar refractivity (Wildman–Crippen MR) is 78.7 cm³/mol. The van der Waals surface area contributed by atoms with Crippen molar-refractivity contribution in [2.75, 3.05) is 5.32 Å². The Morgan fingerprint density at radius 2 is 1.82 bits per heavy atom. The van der Waals surface area contributed by atoms with Crippen molar-refractivity contribution in [2.45, 2.75) is 52.5 Å². The predicted octanol–water partition coefficient (Wildman–Crippen LogP) is 5.06. The molecule has 1 aromatic carbocycles. The minimum absolute atomic E-state index is 0.664. The lowest BCUT2D eigenvalue weighted by molar-refractivity contribution is 0.358. The summed E-state index contributed by atoms with van der Waals surface area (Å²) in [7, 11) is 0. The molecule has 2 heteroatoms. The fraction of sp³-hybridized carbons (Fsp3) is 0.600. The van der Waals surface area contributed by atoms with Gasteiger partial charge >= 0.3 is 0 Å². The lowest BCUT2D eigenvalue weighted by Gasteiger charge is -2.29. The fourth-order valence-electron chi connectivity index (χ4n) is 2.91. The van der Waals surface area contributed by atoms with E-state index in [9.17, 15) is 0 Å². The molecule has 0 radical (unpaired) electrons. The van der Waals surface area contributed by atoms with Gasteiger partial charge in [-0.05, 0) is 55.9 Å². The largest absolute Gasteiger partial charge is 0.382 e. The van der Waals surface area contributed by atoms with Crippen LogP contribution in [0.3, 0.4) is 0 Å². The number of rotatable bonds is 2. The van der Waals surface area contributed by atoms with E-state index in [2.05, 4.69) is 54.2 Å². The zero-order valence-electron chi connectivity index (χ0n) is 11.0. The van der Waals surface area contributed by atoms with Gasteiger partial charge in [-0.25, -0.2) is 0 Å². The normalized spacial score (nSPS) is 24.7. The van der Waals surface area contributed by atoms with Crippen LogP contribution < -0.4 is 5.32 Å². The van der Waals surface area contributed by atoms with Crippen LogP contribution in [0.25, 0.3) is 0 Å². The summed E-state index contributed by atoms with van der Waals surface area (Å²) in [5, 5.41) is 3.75. The smallest absolute Gasteiger partial charge is 0.0402 e. The van der Waals surface area contributed by atoms with E-state index in [0.29, 0.717) is 6.04 Å². The Bertz CT molecular complexity index is 377. The number of anilines is 1. The van der Waals surface area contributed by atoms with Gasteiger partial charge in [0.15, 0.2) is 0 Å². The number of nitrogens with one attached hydrogen (secondary N) is 1. The van der Waals surface area contributed by atoms with Gasteiger partial charge in [-0.1, -0.05) is 35.7 Å². The standard InChI is InChI=1S/C15H22BrN/c1-10-5-4-6-14(7-10)17-15-11(2)8-13(16)9-12(15)3/h8-10,14,17H,4-7H2,1-3H3. The monoisotopic (exact) mass is 295 g/mol. The molecular formula is C15H22BrN. The number of aryl methyl sites for hydroxylation is 2. The highest BCUT2D eigenvalue weighted by atomic mass is 79.9. The summed E-state index contributed by atoms with van der Waals surface area (Å²) in [6.07, 6.45) is 5.40. The van der Waals surface area contributed by atoms with Gasteiger partial charge < -0.3 is 5.32 Å². The minimum atomic E-state index is 0.664. The molecule has 1 nitrogen and oxygen atoms in total. The Morgan fingerprint density at radius 3 is 2.41 bits per heavy atom. The van der Waals surface area contributed by atoms with Crippen LogP contribution in [-0.4, -0.2) is 6.04 Å². The van der Waals surface area contributed by atoms with Crippen molar-refractivity contribution in [3.63, 3.8) is 0 Å². The topological polar surface area (TPSA) is 12.0 Å². The number of hydrogen-bond acceptors (Lipinski definition) is 1. The summed E-state index contributed by atoms with van der Waals surface area (Å²) >= 11 is 3.55. The molecule has 17 heavy (non-hydrogen) atoms. The van der Waals surface area contributed by atoms with E-state index in [4.69, 9.17) is 0 Å². The maximum atomic E-state index is 3.75. The highest BCUT2D eigenvalue weighted by Gasteiger charge is 2.19. The van der Waals surface area contributed by atoms with E-state index < -0.39 is 0 Å². The molecule has 2 rings (SSSR count). The maximum absolute atomic E-state index is 3.75. The molecule has 1 N–H and O–H groups in total. The van der Waals surface area contributed by atoms with Gasteiger partial charge in [0.2, 0.25) is 0 Å². The molecule has 94 valence electrons. The molecule has 1 aliphatic carbocycles. The van der Waals surface area contributed by atoms with Crippen LogP contribution in [-0.2, 0) is 0 Å². The van der Waals surface area contributed by atoms with E-state index >= 15 is 0 Å². The SMILES string of the molecule is Cc1cc(Br)cc(C)c1NC1CCCC(C)C1. The van der Waals surface area contributed by atoms with Gasteiger partial charge in [0.05, 0.1) is 0 Å². The minimum Gasteiger partial charge on any atom is -0.382 e. The van der Waals surface area contributed by atoms with E-state index in [1.165, 1.54) is 47.0 Å². The summed E-state index contributed by atoms with van der Waals surface area (Å²) in [5.41, 5.74) is 4.03. The van der Waals surface area contributed by atoms with Crippen LogP contribution in [0.15, 0.2) is 16.6 Å². The first-order chi connectivity index (χ1) is 8.06. The first kappa shape index (κ1) is 12.9. The highest BCUT2D eigenvalue weighted by Crippen LogP contribution is 2.30. The first-order valence-electron chi connectivity index (χ1n) is 6.59. The molecule has 1 aliphatic rings. The molecule has 2 atom stereocenters. The fourth-order valence-corrected chi connectivity index (χ4v) is 3.59. The quantitative estimate of drug-likeness (QED) is 0.804. The van der Waals surface area contributed by atoms with E-state index in [0.717, 1.165) is 5.92 Å². The molecule has 1 aromatic rings. The molecule has 0 spiro atoms. The molecule has 0 heterocycles. The van der Waals surface area contributed by atoms with E-state index in [1.54, 1.807) is 0 Å². The van der Waals surface area contributed by atoms with Crippen molar-refractivity contribution in [3.05, 3.63) is 27.7 Å². The van der Waals surface area contributed by atoms with Crippen LogP contribution >= 0.6 is 15.9 Å². The summed E-state index contributed by atoms with van der Waals surface area (Å²) in [5.74, 6) is 0.873. The third-order valence-corrected chi connectivity index (χ3v) is 4.24. The maximum Gasteiger partial charge on any atom is 0.0402 e. The highest BCUT2D eigenvalue weighted by molar-refractivity contribution is 9.10. The lowest BCUT2D eigenvalue weighted by atomic mass is 9.87. The molecular weight excluding hydrogens is 274 g/mol. The molecule has 0 amide bonds. The van der Waals surface area contributed by atoms with Crippen molar-refractivity contribution >= 4 is 21.6 Å². The molecule has 0 aliphatic heterocycles. The second-order valence-corrected chi connectivity index (χ2v) is 6.44. The average molecular weight is 296 g/mol. The Morgan fingerprint density at radius 1 is 1.18 bits per heavy atom. The Hall–Kier alpha value is -0.500. The van der Waals surface area contributed by atoms with Crippen LogP contribution in [0.4, 0.5) is 5.69 Å². The van der Waals surface area contributed by atoms with Gasteiger partial charge in [0.25, 0.3) is 0 Å². The third-order valence-electron chi connectivity index (χ3n) is 3.78. The summed E-state index contributed by atoms with van der Waals surface area (Å²) in [6, 6.07) is 5.06. The average Bonchev–Trinajstić information content (AvgIpc) is 2.23. The molecule has 2 unspecified atom stereocenters. The van der Waals surface area contributed by atoms with Crippen LogP contribution in [0.1, 0.15) is 43.7 Å². The zero-order valence-corrected chi connectivity index (χ0v) is 12.6. The summed E-state index contributed by atoms with van der Waals surface area (Å²) < 4.78 is 1.18. The van der Waals surface area contributed by atoms with Gasteiger partial charge in [-0.2, -0.15) is 0 Å². The molecule has 1 saturated carbocycles. The lowest BCUT2D eigenvalue weighted by Crippen LogP contribution is -2.26. The summed E-state index contributed by atoms with van der Waals surface area (Å²) in [6.45, 7) is 6.74. The van der Waals surface area contributed by atoms with Crippen molar-refractivity contribution in [3.8, 4) is 0 Å². The first-order valence-corrected chi connectivity index (χ1v) is 7.39. The van der Waals surface area contributed by atoms with Crippen LogP contribution in [0, 0.1) is 19.8 Å². The van der Waals surface area contributed by atoms with Gasteiger partial charge in [0, 0.05) is 16.2 Å². The molecule has 0 bridgehead atoms. The van der Waals surface area contributed by atoms with Crippen molar-refractivity contribution in [2.24, 2.45) is 5.92 Å². The Balaban J connectivity index is 2.12. The third kappa shape index (κ3) is 3.25.